The van der Waals surface area contributed by atoms with Gasteiger partial charge in [0.05, 0.1) is 12.1 Å². The van der Waals surface area contributed by atoms with Gasteiger partial charge < -0.3 is 9.52 Å². The Labute approximate surface area is 125 Å². The molecule has 1 aliphatic rings. The zero-order valence-electron chi connectivity index (χ0n) is 11.7. The van der Waals surface area contributed by atoms with Crippen LogP contribution in [0.1, 0.15) is 43.7 Å². The first-order valence-corrected chi connectivity index (χ1v) is 7.69. The molecule has 0 amide bonds. The highest BCUT2D eigenvalue weighted by Crippen LogP contribution is 2.43. The van der Waals surface area contributed by atoms with Crippen molar-refractivity contribution in [3.8, 4) is 10.8 Å². The van der Waals surface area contributed by atoms with E-state index in [0.29, 0.717) is 18.2 Å². The fourth-order valence-electron chi connectivity index (χ4n) is 3.03. The van der Waals surface area contributed by atoms with Crippen LogP contribution in [0.4, 0.5) is 0 Å². The first kappa shape index (κ1) is 14.1. The third-order valence-corrected chi connectivity index (χ3v) is 4.85. The zero-order chi connectivity index (χ0) is 14.9. The van der Waals surface area contributed by atoms with E-state index in [-0.39, 0.29) is 11.8 Å². The predicted molar refractivity (Wildman–Crippen MR) is 74.8 cm³/mol. The fraction of sp³-hybridized carbons (Fsp3) is 0.615. The lowest BCUT2D eigenvalue weighted by Gasteiger charge is -2.24. The Morgan fingerprint density at radius 1 is 1.33 bits per heavy atom. The van der Waals surface area contributed by atoms with E-state index in [0.717, 1.165) is 36.3 Å². The van der Waals surface area contributed by atoms with Crippen molar-refractivity contribution in [3.05, 3.63) is 11.6 Å². The number of carboxylic acids is 1. The molecule has 1 N–H and O–H groups in total. The largest absolute Gasteiger partial charge is 0.481 e. The average Bonchev–Trinajstić information content (AvgIpc) is 3.11. The van der Waals surface area contributed by atoms with Crippen LogP contribution >= 0.6 is 11.5 Å². The monoisotopic (exact) mass is 308 g/mol. The Morgan fingerprint density at radius 2 is 2.10 bits per heavy atom. The second-order valence-electron chi connectivity index (χ2n) is 5.64. The third kappa shape index (κ3) is 2.94. The summed E-state index contributed by atoms with van der Waals surface area (Å²) in [4.78, 5) is 11.9. The first-order chi connectivity index (χ1) is 10.1. The minimum atomic E-state index is -0.765. The van der Waals surface area contributed by atoms with E-state index in [9.17, 15) is 4.79 Å². The first-order valence-electron chi connectivity index (χ1n) is 6.91. The second kappa shape index (κ2) is 5.51. The summed E-state index contributed by atoms with van der Waals surface area (Å²) in [6.07, 6.45) is 4.61. The highest BCUT2D eigenvalue weighted by molar-refractivity contribution is 7.09. The highest BCUT2D eigenvalue weighted by atomic mass is 32.1. The van der Waals surface area contributed by atoms with E-state index in [1.54, 1.807) is 0 Å². The Balaban J connectivity index is 1.80. The lowest BCUT2D eigenvalue weighted by Crippen LogP contribution is -2.23. The van der Waals surface area contributed by atoms with Gasteiger partial charge in [-0.25, -0.2) is 0 Å². The molecule has 0 unspecified atom stereocenters. The summed E-state index contributed by atoms with van der Waals surface area (Å²) in [5, 5.41) is 21.2. The van der Waals surface area contributed by atoms with Crippen LogP contribution in [-0.2, 0) is 11.2 Å². The molecule has 0 aliphatic heterocycles. The van der Waals surface area contributed by atoms with E-state index in [1.165, 1.54) is 11.5 Å². The summed E-state index contributed by atoms with van der Waals surface area (Å²) >= 11 is 1.22. The van der Waals surface area contributed by atoms with Crippen LogP contribution in [-0.4, -0.2) is 30.9 Å². The molecule has 0 atom stereocenters. The van der Waals surface area contributed by atoms with Crippen molar-refractivity contribution in [2.45, 2.75) is 45.4 Å². The molecule has 1 fully saturated rings. The van der Waals surface area contributed by atoms with E-state index < -0.39 is 5.97 Å². The minimum Gasteiger partial charge on any atom is -0.481 e. The molecule has 2 heterocycles. The van der Waals surface area contributed by atoms with Crippen LogP contribution in [0.25, 0.3) is 10.8 Å². The predicted octanol–water partition coefficient (Wildman–Crippen LogP) is 2.47. The number of aryl methyl sites for hydroxylation is 1. The van der Waals surface area contributed by atoms with Gasteiger partial charge in [0.2, 0.25) is 5.89 Å². The summed E-state index contributed by atoms with van der Waals surface area (Å²) in [5.41, 5.74) is 0.521. The quantitative estimate of drug-likeness (QED) is 0.905. The summed E-state index contributed by atoms with van der Waals surface area (Å²) in [6, 6.07) is 0. The number of nitrogens with zero attached hydrogens (tertiary/aromatic N) is 4. The molecule has 2 aromatic rings. The van der Waals surface area contributed by atoms with E-state index in [4.69, 9.17) is 9.52 Å². The molecule has 0 spiro atoms. The maximum atomic E-state index is 11.1. The molecule has 0 bridgehead atoms. The fourth-order valence-corrected chi connectivity index (χ4v) is 3.61. The minimum absolute atomic E-state index is 0.159. The summed E-state index contributed by atoms with van der Waals surface area (Å²) in [5.74, 6) is 0.154. The van der Waals surface area contributed by atoms with Crippen molar-refractivity contribution in [1.82, 2.24) is 19.8 Å². The summed E-state index contributed by atoms with van der Waals surface area (Å²) in [6.45, 7) is 1.84. The smallest absolute Gasteiger partial charge is 0.303 e. The Kier molecular flexibility index (Phi) is 3.71. The number of aliphatic carboxylic acids is 1. The molecule has 0 aromatic carbocycles. The maximum absolute atomic E-state index is 11.1. The van der Waals surface area contributed by atoms with Crippen molar-refractivity contribution in [2.75, 3.05) is 0 Å². The van der Waals surface area contributed by atoms with Crippen LogP contribution in [0.3, 0.4) is 0 Å². The molecule has 112 valence electrons. The normalized spacial score (nSPS) is 17.2. The Morgan fingerprint density at radius 3 is 2.71 bits per heavy atom. The van der Waals surface area contributed by atoms with Crippen molar-refractivity contribution in [2.24, 2.45) is 5.41 Å². The van der Waals surface area contributed by atoms with Crippen LogP contribution in [0, 0.1) is 12.3 Å². The summed E-state index contributed by atoms with van der Waals surface area (Å²) in [7, 11) is 0. The van der Waals surface area contributed by atoms with Gasteiger partial charge >= 0.3 is 5.97 Å². The van der Waals surface area contributed by atoms with Gasteiger partial charge in [-0.15, -0.1) is 15.3 Å². The summed E-state index contributed by atoms with van der Waals surface area (Å²) < 4.78 is 9.54. The maximum Gasteiger partial charge on any atom is 0.303 e. The van der Waals surface area contributed by atoms with Gasteiger partial charge in [-0.2, -0.15) is 0 Å². The molecule has 0 radical (unpaired) electrons. The van der Waals surface area contributed by atoms with E-state index >= 15 is 0 Å². The number of aromatic nitrogens is 4. The molecule has 1 aliphatic carbocycles. The van der Waals surface area contributed by atoms with Crippen LogP contribution in [0.15, 0.2) is 4.42 Å². The second-order valence-corrected chi connectivity index (χ2v) is 6.40. The van der Waals surface area contributed by atoms with E-state index in [2.05, 4.69) is 19.8 Å². The van der Waals surface area contributed by atoms with Crippen molar-refractivity contribution >= 4 is 17.5 Å². The molecule has 3 rings (SSSR count). The number of carboxylic acid groups (broad SMARTS) is 1. The lowest BCUT2D eigenvalue weighted by atomic mass is 9.79. The third-order valence-electron chi connectivity index (χ3n) is 4.03. The Bertz CT molecular complexity index is 645. The van der Waals surface area contributed by atoms with Crippen molar-refractivity contribution < 1.29 is 14.3 Å². The van der Waals surface area contributed by atoms with Gasteiger partial charge in [-0.1, -0.05) is 17.3 Å². The molecule has 7 nitrogen and oxygen atoms in total. The van der Waals surface area contributed by atoms with Crippen molar-refractivity contribution in [1.29, 1.82) is 0 Å². The number of rotatable bonds is 5. The standard InChI is InChI=1S/C13H16N4O3S/c1-8-11(21-17-14-8)12-16-15-9(20-12)6-13(7-10(18)19)4-2-3-5-13/h2-7H2,1H3,(H,18,19). The van der Waals surface area contributed by atoms with Crippen LogP contribution in [0.5, 0.6) is 0 Å². The molecule has 2 aromatic heterocycles. The topological polar surface area (TPSA) is 102 Å². The van der Waals surface area contributed by atoms with Crippen LogP contribution in [0.2, 0.25) is 0 Å². The van der Waals surface area contributed by atoms with Gasteiger partial charge in [0.25, 0.3) is 5.89 Å². The lowest BCUT2D eigenvalue weighted by molar-refractivity contribution is -0.139. The average molecular weight is 308 g/mol. The number of hydrogen-bond acceptors (Lipinski definition) is 7. The Hall–Kier alpha value is -1.83. The van der Waals surface area contributed by atoms with Crippen molar-refractivity contribution in [3.63, 3.8) is 0 Å². The van der Waals surface area contributed by atoms with Gasteiger partial charge in [0.15, 0.2) is 0 Å². The van der Waals surface area contributed by atoms with Crippen LogP contribution < -0.4 is 0 Å². The molecular formula is C13H16N4O3S. The number of hydrogen-bond donors (Lipinski definition) is 1. The van der Waals surface area contributed by atoms with Gasteiger partial charge in [-0.3, -0.25) is 4.79 Å². The zero-order valence-corrected chi connectivity index (χ0v) is 12.5. The SMILES string of the molecule is Cc1nnsc1-c1nnc(CC2(CC(=O)O)CCCC2)o1. The molecular weight excluding hydrogens is 292 g/mol. The number of carbonyl (C=O) groups is 1. The van der Waals surface area contributed by atoms with Gasteiger partial charge in [0, 0.05) is 6.42 Å². The molecule has 21 heavy (non-hydrogen) atoms. The molecule has 0 saturated heterocycles. The van der Waals surface area contributed by atoms with Gasteiger partial charge in [0.1, 0.15) is 4.88 Å². The molecule has 8 heteroatoms. The van der Waals surface area contributed by atoms with Gasteiger partial charge in [-0.05, 0) is 36.7 Å². The highest BCUT2D eigenvalue weighted by Gasteiger charge is 2.38. The molecule has 1 saturated carbocycles. The van der Waals surface area contributed by atoms with E-state index in [1.807, 2.05) is 6.92 Å².